The van der Waals surface area contributed by atoms with Crippen LogP contribution in [0.3, 0.4) is 0 Å². The van der Waals surface area contributed by atoms with Gasteiger partial charge in [0.15, 0.2) is 16.8 Å². The Bertz CT molecular complexity index is 790. The Morgan fingerprint density at radius 1 is 1.35 bits per heavy atom. The lowest BCUT2D eigenvalue weighted by atomic mass is 10.2. The molecule has 1 saturated heterocycles. The number of hydrogen-bond acceptors (Lipinski definition) is 6. The summed E-state index contributed by atoms with van der Waals surface area (Å²) in [6, 6.07) is 7.45. The molecule has 1 aliphatic heterocycles. The van der Waals surface area contributed by atoms with E-state index in [1.807, 2.05) is 25.1 Å². The monoisotopic (exact) mass is 399 g/mol. The van der Waals surface area contributed by atoms with Crippen LogP contribution in [0.1, 0.15) is 18.9 Å². The van der Waals surface area contributed by atoms with Gasteiger partial charge in [0.2, 0.25) is 0 Å². The quantitative estimate of drug-likeness (QED) is 0.558. The largest absolute Gasteiger partial charge is 0.393 e. The van der Waals surface area contributed by atoms with Gasteiger partial charge in [-0.2, -0.15) is 0 Å². The number of rotatable bonds is 6. The average Bonchev–Trinajstić information content (AvgIpc) is 2.96. The molecule has 1 fully saturated rings. The van der Waals surface area contributed by atoms with Crippen molar-refractivity contribution in [2.75, 3.05) is 34.8 Å². The molecule has 5 nitrogen and oxygen atoms in total. The lowest BCUT2D eigenvalue weighted by Crippen LogP contribution is -2.27. The van der Waals surface area contributed by atoms with Crippen LogP contribution in [0.5, 0.6) is 0 Å². The van der Waals surface area contributed by atoms with Gasteiger partial charge in [-0.1, -0.05) is 48.5 Å². The minimum atomic E-state index is -2.72. The van der Waals surface area contributed by atoms with Gasteiger partial charge in [0.1, 0.15) is 5.69 Å². The number of nitrogens with one attached hydrogen (secondary N) is 1. The number of anilines is 3. The zero-order valence-electron chi connectivity index (χ0n) is 14.3. The van der Waals surface area contributed by atoms with Crippen LogP contribution in [0, 0.1) is 0 Å². The predicted molar refractivity (Wildman–Crippen MR) is 103 cm³/mol. The van der Waals surface area contributed by atoms with Gasteiger partial charge in [-0.15, -0.1) is 0 Å². The smallest absolute Gasteiger partial charge is 0.266 e. The van der Waals surface area contributed by atoms with E-state index in [1.54, 1.807) is 6.07 Å². The van der Waals surface area contributed by atoms with Crippen LogP contribution in [0.4, 0.5) is 26.1 Å². The third-order valence-corrected chi connectivity index (χ3v) is 5.15. The summed E-state index contributed by atoms with van der Waals surface area (Å²) in [5.41, 5.74) is 7.37. The SMILES string of the molecule is CCSc1nc(NCc2ccccc2Cl)c(N)c(N2CCC(F)(F)C2)n1. The van der Waals surface area contributed by atoms with Crippen molar-refractivity contribution in [2.24, 2.45) is 0 Å². The number of alkyl halides is 2. The summed E-state index contributed by atoms with van der Waals surface area (Å²) < 4.78 is 27.2. The molecule has 0 aliphatic carbocycles. The van der Waals surface area contributed by atoms with Gasteiger partial charge in [0, 0.05) is 24.5 Å². The van der Waals surface area contributed by atoms with Crippen molar-refractivity contribution in [3.63, 3.8) is 0 Å². The number of nitrogen functional groups attached to an aromatic ring is 1. The molecule has 1 aliphatic rings. The summed E-state index contributed by atoms with van der Waals surface area (Å²) in [4.78, 5) is 10.4. The molecule has 0 unspecified atom stereocenters. The fourth-order valence-electron chi connectivity index (χ4n) is 2.74. The van der Waals surface area contributed by atoms with Crippen molar-refractivity contribution >= 4 is 40.7 Å². The fourth-order valence-corrected chi connectivity index (χ4v) is 3.51. The third-order valence-electron chi connectivity index (χ3n) is 4.05. The van der Waals surface area contributed by atoms with Crippen LogP contribution >= 0.6 is 23.4 Å². The Hall–Kier alpha value is -1.80. The molecule has 0 amide bonds. The van der Waals surface area contributed by atoms with Crippen LogP contribution in [0.25, 0.3) is 0 Å². The Labute approximate surface area is 160 Å². The van der Waals surface area contributed by atoms with Crippen LogP contribution < -0.4 is 16.0 Å². The zero-order chi connectivity index (χ0) is 18.7. The van der Waals surface area contributed by atoms with Gasteiger partial charge < -0.3 is 16.0 Å². The van der Waals surface area contributed by atoms with Crippen LogP contribution in [-0.4, -0.2) is 34.7 Å². The molecule has 1 aromatic carbocycles. The summed E-state index contributed by atoms with van der Waals surface area (Å²) in [6.45, 7) is 2.24. The maximum atomic E-state index is 13.6. The van der Waals surface area contributed by atoms with E-state index in [-0.39, 0.29) is 25.2 Å². The highest BCUT2D eigenvalue weighted by Gasteiger charge is 2.39. The van der Waals surface area contributed by atoms with Crippen molar-refractivity contribution in [2.45, 2.75) is 31.0 Å². The Morgan fingerprint density at radius 2 is 2.12 bits per heavy atom. The molecule has 140 valence electrons. The first kappa shape index (κ1) is 19.0. The maximum Gasteiger partial charge on any atom is 0.266 e. The molecule has 0 spiro atoms. The minimum absolute atomic E-state index is 0.199. The molecule has 3 rings (SSSR count). The molecule has 0 radical (unpaired) electrons. The standard InChI is InChI=1S/C17H20ClF2N5S/c1-2-26-16-23-14(22-9-11-5-3-4-6-12(11)18)13(21)15(24-16)25-8-7-17(19,20)10-25/h3-6H,2,7-10,21H2,1H3,(H,22,23,24). The molecular weight excluding hydrogens is 380 g/mol. The molecule has 1 aromatic heterocycles. The van der Waals surface area contributed by atoms with Crippen molar-refractivity contribution in [1.82, 2.24) is 9.97 Å². The maximum absolute atomic E-state index is 13.6. The lowest BCUT2D eigenvalue weighted by molar-refractivity contribution is 0.0257. The molecule has 0 bridgehead atoms. The van der Waals surface area contributed by atoms with E-state index in [0.717, 1.165) is 11.3 Å². The van der Waals surface area contributed by atoms with Gasteiger partial charge in [0.25, 0.3) is 5.92 Å². The van der Waals surface area contributed by atoms with Gasteiger partial charge in [0.05, 0.1) is 6.54 Å². The first-order chi connectivity index (χ1) is 12.4. The Balaban J connectivity index is 1.88. The number of nitrogens with zero attached hydrogens (tertiary/aromatic N) is 3. The van der Waals surface area contributed by atoms with E-state index in [0.29, 0.717) is 28.4 Å². The second-order valence-electron chi connectivity index (χ2n) is 6.00. The second-order valence-corrected chi connectivity index (χ2v) is 7.64. The summed E-state index contributed by atoms with van der Waals surface area (Å²) in [6.07, 6.45) is -0.199. The zero-order valence-corrected chi connectivity index (χ0v) is 15.9. The molecular formula is C17H20ClF2N5S. The molecule has 9 heteroatoms. The summed E-state index contributed by atoms with van der Waals surface area (Å²) in [5.74, 6) is -1.17. The fraction of sp³-hybridized carbons (Fsp3) is 0.412. The number of hydrogen-bond donors (Lipinski definition) is 2. The van der Waals surface area contributed by atoms with Crippen molar-refractivity contribution in [1.29, 1.82) is 0 Å². The van der Waals surface area contributed by atoms with Crippen molar-refractivity contribution in [3.8, 4) is 0 Å². The normalized spacial score (nSPS) is 16.1. The van der Waals surface area contributed by atoms with Gasteiger partial charge in [-0.05, 0) is 17.4 Å². The minimum Gasteiger partial charge on any atom is -0.393 e. The van der Waals surface area contributed by atoms with E-state index in [2.05, 4.69) is 15.3 Å². The molecule has 2 heterocycles. The Morgan fingerprint density at radius 3 is 2.77 bits per heavy atom. The third kappa shape index (κ3) is 4.29. The number of thioether (sulfide) groups is 1. The summed E-state index contributed by atoms with van der Waals surface area (Å²) >= 11 is 7.62. The number of aromatic nitrogens is 2. The molecule has 3 N–H and O–H groups in total. The van der Waals surface area contributed by atoms with Gasteiger partial charge in [-0.25, -0.2) is 18.7 Å². The summed E-state index contributed by atoms with van der Waals surface area (Å²) in [7, 11) is 0. The van der Waals surface area contributed by atoms with Crippen LogP contribution in [0.15, 0.2) is 29.4 Å². The van der Waals surface area contributed by atoms with Crippen LogP contribution in [-0.2, 0) is 6.54 Å². The first-order valence-electron chi connectivity index (χ1n) is 8.30. The highest BCUT2D eigenvalue weighted by Crippen LogP contribution is 2.36. The molecule has 2 aromatic rings. The highest BCUT2D eigenvalue weighted by molar-refractivity contribution is 7.99. The van der Waals surface area contributed by atoms with E-state index in [9.17, 15) is 8.78 Å². The van der Waals surface area contributed by atoms with Gasteiger partial charge >= 0.3 is 0 Å². The van der Waals surface area contributed by atoms with Crippen LogP contribution in [0.2, 0.25) is 5.02 Å². The second kappa shape index (κ2) is 7.84. The predicted octanol–water partition coefficient (Wildman–Crippen LogP) is 4.28. The molecule has 0 saturated carbocycles. The number of halogens is 3. The number of benzene rings is 1. The highest BCUT2D eigenvalue weighted by atomic mass is 35.5. The Kier molecular flexibility index (Phi) is 5.72. The van der Waals surface area contributed by atoms with Gasteiger partial charge in [-0.3, -0.25) is 0 Å². The average molecular weight is 400 g/mol. The number of nitrogens with two attached hydrogens (primary N) is 1. The lowest BCUT2D eigenvalue weighted by Gasteiger charge is -2.21. The van der Waals surface area contributed by atoms with Crippen molar-refractivity contribution in [3.05, 3.63) is 34.9 Å². The molecule has 26 heavy (non-hydrogen) atoms. The van der Waals surface area contributed by atoms with E-state index >= 15 is 0 Å². The molecule has 0 atom stereocenters. The van der Waals surface area contributed by atoms with E-state index in [1.165, 1.54) is 16.7 Å². The topological polar surface area (TPSA) is 67.1 Å². The van der Waals surface area contributed by atoms with Crippen molar-refractivity contribution < 1.29 is 8.78 Å². The van der Waals surface area contributed by atoms with E-state index < -0.39 is 5.92 Å². The summed E-state index contributed by atoms with van der Waals surface area (Å²) in [5, 5.41) is 4.31. The van der Waals surface area contributed by atoms with E-state index in [4.69, 9.17) is 17.3 Å². The first-order valence-corrected chi connectivity index (χ1v) is 9.66.